The lowest BCUT2D eigenvalue weighted by molar-refractivity contribution is 0.0898. The van der Waals surface area contributed by atoms with E-state index in [4.69, 9.17) is 10.2 Å². The first-order valence-corrected chi connectivity index (χ1v) is 6.58. The van der Waals surface area contributed by atoms with Crippen LogP contribution in [0.5, 0.6) is 0 Å². The Hall–Kier alpha value is -0.750. The van der Waals surface area contributed by atoms with Gasteiger partial charge < -0.3 is 10.2 Å². The maximum Gasteiger partial charge on any atom is 0.186 e. The van der Waals surface area contributed by atoms with Crippen LogP contribution in [0.3, 0.4) is 0 Å². The van der Waals surface area contributed by atoms with Crippen molar-refractivity contribution in [2.24, 2.45) is 0 Å². The topological polar surface area (TPSA) is 60.8 Å². The van der Waals surface area contributed by atoms with Crippen LogP contribution in [-0.2, 0) is 6.42 Å². The second-order valence-corrected chi connectivity index (χ2v) is 4.93. The molecular weight excluding hydrogens is 238 g/mol. The molecule has 5 heteroatoms. The predicted octanol–water partition coefficient (Wildman–Crippen LogP) is 0.780. The van der Waals surface area contributed by atoms with Crippen molar-refractivity contribution < 1.29 is 15.0 Å². The largest absolute Gasteiger partial charge is 0.395 e. The van der Waals surface area contributed by atoms with E-state index in [0.717, 1.165) is 11.3 Å². The summed E-state index contributed by atoms with van der Waals surface area (Å²) in [5.41, 5.74) is 0. The normalized spacial score (nSPS) is 11.1. The Morgan fingerprint density at radius 2 is 1.94 bits per heavy atom. The van der Waals surface area contributed by atoms with E-state index in [1.165, 1.54) is 16.2 Å². The fraction of sp³-hybridized carbons (Fsp3) is 0.583. The number of aryl methyl sites for hydroxylation is 1. The minimum Gasteiger partial charge on any atom is -0.395 e. The van der Waals surface area contributed by atoms with Crippen LogP contribution < -0.4 is 0 Å². The lowest BCUT2D eigenvalue weighted by Gasteiger charge is -2.18. The minimum absolute atomic E-state index is 0.00205. The molecule has 0 atom stereocenters. The van der Waals surface area contributed by atoms with Gasteiger partial charge in [0.05, 0.1) is 24.6 Å². The van der Waals surface area contributed by atoms with Crippen LogP contribution in [-0.4, -0.2) is 53.7 Å². The molecule has 96 valence electrons. The van der Waals surface area contributed by atoms with Crippen LogP contribution in [0.4, 0.5) is 0 Å². The minimum atomic E-state index is -0.00205. The van der Waals surface area contributed by atoms with Crippen molar-refractivity contribution >= 4 is 17.1 Å². The van der Waals surface area contributed by atoms with E-state index in [-0.39, 0.29) is 25.5 Å². The molecule has 4 nitrogen and oxygen atoms in total. The SMILES string of the molecule is CCc1ccc(C(=O)CN(CCO)CCO)s1. The van der Waals surface area contributed by atoms with Crippen molar-refractivity contribution in [2.45, 2.75) is 13.3 Å². The molecule has 2 N–H and O–H groups in total. The van der Waals surface area contributed by atoms with Crippen molar-refractivity contribution in [3.63, 3.8) is 0 Å². The molecule has 1 aromatic rings. The molecule has 0 aliphatic heterocycles. The maximum absolute atomic E-state index is 11.9. The first-order chi connectivity index (χ1) is 8.21. The van der Waals surface area contributed by atoms with Gasteiger partial charge in [-0.15, -0.1) is 11.3 Å². The van der Waals surface area contributed by atoms with Gasteiger partial charge in [-0.1, -0.05) is 6.92 Å². The highest BCUT2D eigenvalue weighted by molar-refractivity contribution is 7.14. The van der Waals surface area contributed by atoms with Crippen molar-refractivity contribution in [1.29, 1.82) is 0 Å². The number of aliphatic hydroxyl groups is 2. The van der Waals surface area contributed by atoms with E-state index in [9.17, 15) is 4.79 Å². The molecule has 0 saturated heterocycles. The monoisotopic (exact) mass is 257 g/mol. The van der Waals surface area contributed by atoms with Gasteiger partial charge in [0.25, 0.3) is 0 Å². The summed E-state index contributed by atoms with van der Waals surface area (Å²) in [6.07, 6.45) is 0.939. The Kier molecular flexibility index (Phi) is 6.36. The van der Waals surface area contributed by atoms with Crippen LogP contribution in [0, 0.1) is 0 Å². The lowest BCUT2D eigenvalue weighted by atomic mass is 10.3. The van der Waals surface area contributed by atoms with Gasteiger partial charge in [-0.2, -0.15) is 0 Å². The van der Waals surface area contributed by atoms with Crippen LogP contribution in [0.25, 0.3) is 0 Å². The van der Waals surface area contributed by atoms with Crippen molar-refractivity contribution in [1.82, 2.24) is 4.90 Å². The average Bonchev–Trinajstić information content (AvgIpc) is 2.78. The van der Waals surface area contributed by atoms with Gasteiger partial charge in [0.2, 0.25) is 0 Å². The molecule has 0 aliphatic rings. The number of rotatable bonds is 8. The highest BCUT2D eigenvalue weighted by Gasteiger charge is 2.13. The van der Waals surface area contributed by atoms with Gasteiger partial charge in [-0.25, -0.2) is 0 Å². The molecule has 0 aliphatic carbocycles. The van der Waals surface area contributed by atoms with E-state index < -0.39 is 0 Å². The number of aliphatic hydroxyl groups excluding tert-OH is 2. The van der Waals surface area contributed by atoms with Gasteiger partial charge in [0.15, 0.2) is 5.78 Å². The number of carbonyl (C=O) groups excluding carboxylic acids is 1. The number of Topliss-reactive ketones (excluding diaryl/α,β-unsaturated/α-hetero) is 1. The second-order valence-electron chi connectivity index (χ2n) is 3.77. The molecule has 0 unspecified atom stereocenters. The van der Waals surface area contributed by atoms with Gasteiger partial charge in [0, 0.05) is 18.0 Å². The van der Waals surface area contributed by atoms with E-state index in [1.807, 2.05) is 12.1 Å². The summed E-state index contributed by atoms with van der Waals surface area (Å²) in [5, 5.41) is 17.7. The van der Waals surface area contributed by atoms with Crippen LogP contribution in [0.15, 0.2) is 12.1 Å². The third-order valence-electron chi connectivity index (χ3n) is 2.48. The standard InChI is InChI=1S/C12H19NO3S/c1-2-10-3-4-12(17-10)11(16)9-13(5-7-14)6-8-15/h3-4,14-15H,2,5-9H2,1H3. The number of nitrogens with zero attached hydrogens (tertiary/aromatic N) is 1. The van der Waals surface area contributed by atoms with E-state index in [1.54, 1.807) is 4.90 Å². The van der Waals surface area contributed by atoms with E-state index in [2.05, 4.69) is 6.92 Å². The molecule has 0 saturated carbocycles. The van der Waals surface area contributed by atoms with E-state index >= 15 is 0 Å². The summed E-state index contributed by atoms with van der Waals surface area (Å²) < 4.78 is 0. The molecule has 0 aromatic carbocycles. The Morgan fingerprint density at radius 1 is 1.29 bits per heavy atom. The Bertz CT molecular complexity index is 345. The summed E-state index contributed by atoms with van der Waals surface area (Å²) in [7, 11) is 0. The maximum atomic E-state index is 11.9. The third-order valence-corrected chi connectivity index (χ3v) is 3.76. The number of carbonyl (C=O) groups is 1. The van der Waals surface area contributed by atoms with Crippen molar-refractivity contribution in [3.05, 3.63) is 21.9 Å². The highest BCUT2D eigenvalue weighted by Crippen LogP contribution is 2.17. The predicted molar refractivity (Wildman–Crippen MR) is 68.6 cm³/mol. The Balaban J connectivity index is 2.56. The van der Waals surface area contributed by atoms with Gasteiger partial charge >= 0.3 is 0 Å². The third kappa shape index (κ3) is 4.55. The smallest absolute Gasteiger partial charge is 0.186 e. The van der Waals surface area contributed by atoms with E-state index in [0.29, 0.717) is 13.1 Å². The van der Waals surface area contributed by atoms with Crippen LogP contribution >= 0.6 is 11.3 Å². The zero-order valence-electron chi connectivity index (χ0n) is 10.1. The quantitative estimate of drug-likeness (QED) is 0.676. The molecule has 1 aromatic heterocycles. The summed E-state index contributed by atoms with van der Waals surface area (Å²) in [6.45, 7) is 3.14. The Morgan fingerprint density at radius 3 is 2.41 bits per heavy atom. The fourth-order valence-electron chi connectivity index (χ4n) is 1.55. The summed E-state index contributed by atoms with van der Waals surface area (Å²) in [6, 6.07) is 3.82. The molecule has 0 spiro atoms. The lowest BCUT2D eigenvalue weighted by Crippen LogP contribution is -2.34. The summed E-state index contributed by atoms with van der Waals surface area (Å²) in [5.74, 6) is 0.0524. The summed E-state index contributed by atoms with van der Waals surface area (Å²) in [4.78, 5) is 15.6. The molecule has 17 heavy (non-hydrogen) atoms. The Labute approximate surface area is 106 Å². The molecule has 1 rings (SSSR count). The molecule has 1 heterocycles. The molecular formula is C12H19NO3S. The molecule has 0 fully saturated rings. The summed E-state index contributed by atoms with van der Waals surface area (Å²) >= 11 is 1.52. The number of thiophene rings is 1. The van der Waals surface area contributed by atoms with Crippen LogP contribution in [0.1, 0.15) is 21.5 Å². The second kappa shape index (κ2) is 7.55. The zero-order chi connectivity index (χ0) is 12.7. The highest BCUT2D eigenvalue weighted by atomic mass is 32.1. The number of hydrogen-bond acceptors (Lipinski definition) is 5. The first kappa shape index (κ1) is 14.3. The van der Waals surface area contributed by atoms with Gasteiger partial charge in [-0.05, 0) is 18.6 Å². The van der Waals surface area contributed by atoms with Gasteiger partial charge in [0.1, 0.15) is 0 Å². The fourth-order valence-corrected chi connectivity index (χ4v) is 2.43. The van der Waals surface area contributed by atoms with Crippen molar-refractivity contribution in [3.8, 4) is 0 Å². The molecule has 0 radical (unpaired) electrons. The number of hydrogen-bond donors (Lipinski definition) is 2. The van der Waals surface area contributed by atoms with Crippen molar-refractivity contribution in [2.75, 3.05) is 32.8 Å². The molecule has 0 amide bonds. The van der Waals surface area contributed by atoms with Crippen LogP contribution in [0.2, 0.25) is 0 Å². The molecule has 0 bridgehead atoms. The first-order valence-electron chi connectivity index (χ1n) is 5.77. The van der Waals surface area contributed by atoms with Gasteiger partial charge in [-0.3, -0.25) is 9.69 Å². The zero-order valence-corrected chi connectivity index (χ0v) is 10.9. The number of ketones is 1. The average molecular weight is 257 g/mol.